The lowest BCUT2D eigenvalue weighted by molar-refractivity contribution is 0.284. The van der Waals surface area contributed by atoms with Crippen LogP contribution in [-0.4, -0.2) is 18.5 Å². The summed E-state index contributed by atoms with van der Waals surface area (Å²) in [6, 6.07) is 0. The molecule has 5 heteroatoms. The van der Waals surface area contributed by atoms with E-state index < -0.39 is 15.8 Å². The number of hydrogen-bond donors (Lipinski definition) is 2. The highest BCUT2D eigenvalue weighted by atomic mass is 32.2. The van der Waals surface area contributed by atoms with Gasteiger partial charge in [0.05, 0.1) is 0 Å². The van der Waals surface area contributed by atoms with Crippen LogP contribution in [0.1, 0.15) is 39.0 Å². The average molecular weight is 193 g/mol. The van der Waals surface area contributed by atoms with E-state index >= 15 is 0 Å². The predicted octanol–water partition coefficient (Wildman–Crippen LogP) is 1.10. The first-order chi connectivity index (χ1) is 5.41. The van der Waals surface area contributed by atoms with Crippen molar-refractivity contribution in [1.29, 1.82) is 0 Å². The van der Waals surface area contributed by atoms with Gasteiger partial charge in [-0.2, -0.15) is 13.1 Å². The van der Waals surface area contributed by atoms with Crippen LogP contribution in [0.15, 0.2) is 0 Å². The Morgan fingerprint density at radius 1 is 1.25 bits per heavy atom. The second-order valence-corrected chi connectivity index (χ2v) is 4.85. The maximum Gasteiger partial charge on any atom is 0.333 e. The van der Waals surface area contributed by atoms with Crippen molar-refractivity contribution < 1.29 is 13.0 Å². The zero-order valence-electron chi connectivity index (χ0n) is 7.21. The fourth-order valence-electron chi connectivity index (χ4n) is 1.75. The Morgan fingerprint density at radius 2 is 1.75 bits per heavy atom. The Kier molecular flexibility index (Phi) is 2.75. The third-order valence-corrected chi connectivity index (χ3v) is 3.08. The highest BCUT2D eigenvalue weighted by Crippen LogP contribution is 2.27. The van der Waals surface area contributed by atoms with Gasteiger partial charge < -0.3 is 0 Å². The van der Waals surface area contributed by atoms with Crippen LogP contribution in [0.5, 0.6) is 0 Å². The summed E-state index contributed by atoms with van der Waals surface area (Å²) in [6.07, 6.45) is 4.83. The first-order valence-electron chi connectivity index (χ1n) is 4.18. The minimum absolute atomic E-state index is 0.425. The molecule has 0 amide bonds. The summed E-state index contributed by atoms with van der Waals surface area (Å²) in [5.74, 6) is 0. The van der Waals surface area contributed by atoms with E-state index in [2.05, 4.69) is 4.72 Å². The van der Waals surface area contributed by atoms with E-state index in [1.54, 1.807) is 0 Å². The van der Waals surface area contributed by atoms with Crippen molar-refractivity contribution in [3.8, 4) is 0 Å². The van der Waals surface area contributed by atoms with E-state index in [9.17, 15) is 8.42 Å². The maximum absolute atomic E-state index is 10.5. The summed E-state index contributed by atoms with van der Waals surface area (Å²) in [5, 5.41) is 0. The molecule has 0 unspecified atom stereocenters. The van der Waals surface area contributed by atoms with Crippen molar-refractivity contribution in [1.82, 2.24) is 4.72 Å². The normalized spacial score (nSPS) is 23.8. The zero-order chi connectivity index (χ0) is 9.24. The van der Waals surface area contributed by atoms with Crippen molar-refractivity contribution in [2.24, 2.45) is 0 Å². The monoisotopic (exact) mass is 193 g/mol. The topological polar surface area (TPSA) is 66.4 Å². The molecule has 12 heavy (non-hydrogen) atoms. The molecule has 0 aliphatic heterocycles. The van der Waals surface area contributed by atoms with Gasteiger partial charge in [0.25, 0.3) is 0 Å². The van der Waals surface area contributed by atoms with Crippen molar-refractivity contribution in [3.63, 3.8) is 0 Å². The number of nitrogens with one attached hydrogen (secondary N) is 1. The summed E-state index contributed by atoms with van der Waals surface area (Å²) >= 11 is 0. The third-order valence-electron chi connectivity index (χ3n) is 2.33. The fourth-order valence-corrected chi connectivity index (χ4v) is 2.57. The van der Waals surface area contributed by atoms with E-state index in [0.717, 1.165) is 32.1 Å². The van der Waals surface area contributed by atoms with Gasteiger partial charge in [0.1, 0.15) is 0 Å². The van der Waals surface area contributed by atoms with Crippen LogP contribution in [0.25, 0.3) is 0 Å². The molecule has 0 atom stereocenters. The van der Waals surface area contributed by atoms with Crippen molar-refractivity contribution >= 4 is 10.3 Å². The van der Waals surface area contributed by atoms with Crippen LogP contribution in [0.4, 0.5) is 0 Å². The van der Waals surface area contributed by atoms with Gasteiger partial charge in [-0.1, -0.05) is 19.3 Å². The van der Waals surface area contributed by atoms with Gasteiger partial charge in [-0.3, -0.25) is 4.55 Å². The lowest BCUT2D eigenvalue weighted by Crippen LogP contribution is -2.46. The largest absolute Gasteiger partial charge is 0.333 e. The lowest BCUT2D eigenvalue weighted by atomic mass is 9.84. The van der Waals surface area contributed by atoms with Crippen molar-refractivity contribution in [3.05, 3.63) is 0 Å². The molecule has 2 N–H and O–H groups in total. The summed E-state index contributed by atoms with van der Waals surface area (Å²) in [4.78, 5) is 0. The van der Waals surface area contributed by atoms with Crippen LogP contribution in [0, 0.1) is 0 Å². The summed E-state index contributed by atoms with van der Waals surface area (Å²) < 4.78 is 32.0. The molecule has 0 bridgehead atoms. The van der Waals surface area contributed by atoms with E-state index in [0.29, 0.717) is 0 Å². The minimum atomic E-state index is -4.03. The van der Waals surface area contributed by atoms with Gasteiger partial charge in [-0.25, -0.2) is 0 Å². The molecule has 1 aliphatic rings. The third kappa shape index (κ3) is 3.08. The Balaban J connectivity index is 2.59. The quantitative estimate of drug-likeness (QED) is 0.645. The van der Waals surface area contributed by atoms with Gasteiger partial charge in [0.2, 0.25) is 0 Å². The second kappa shape index (κ2) is 3.32. The first kappa shape index (κ1) is 9.95. The Morgan fingerprint density at radius 3 is 2.17 bits per heavy atom. The second-order valence-electron chi connectivity index (χ2n) is 3.70. The Labute approximate surface area is 73.2 Å². The molecule has 0 saturated heterocycles. The summed E-state index contributed by atoms with van der Waals surface area (Å²) in [7, 11) is -4.03. The van der Waals surface area contributed by atoms with Gasteiger partial charge in [-0.05, 0) is 19.8 Å². The van der Waals surface area contributed by atoms with E-state index in [1.807, 2.05) is 6.92 Å². The molecule has 1 fully saturated rings. The highest BCUT2D eigenvalue weighted by Gasteiger charge is 2.30. The van der Waals surface area contributed by atoms with E-state index in [-0.39, 0.29) is 0 Å². The number of rotatable bonds is 2. The highest BCUT2D eigenvalue weighted by molar-refractivity contribution is 7.83. The summed E-state index contributed by atoms with van der Waals surface area (Å²) in [5.41, 5.74) is -0.425. The molecule has 0 radical (unpaired) electrons. The van der Waals surface area contributed by atoms with Crippen molar-refractivity contribution in [2.45, 2.75) is 44.6 Å². The molecule has 1 aliphatic carbocycles. The molecule has 0 aromatic heterocycles. The Bertz CT molecular complexity index is 241. The first-order valence-corrected chi connectivity index (χ1v) is 5.62. The molecular formula is C7H15NO3S. The summed E-state index contributed by atoms with van der Waals surface area (Å²) in [6.45, 7) is 1.83. The SMILES string of the molecule is CC1(NS(=O)(=O)O)CCCCC1. The van der Waals surface area contributed by atoms with Gasteiger partial charge in [0, 0.05) is 5.54 Å². The Hall–Kier alpha value is -0.130. The van der Waals surface area contributed by atoms with Gasteiger partial charge >= 0.3 is 10.3 Å². The van der Waals surface area contributed by atoms with Gasteiger partial charge in [0.15, 0.2) is 0 Å². The average Bonchev–Trinajstić information content (AvgIpc) is 1.83. The number of hydrogen-bond acceptors (Lipinski definition) is 2. The zero-order valence-corrected chi connectivity index (χ0v) is 8.02. The molecule has 72 valence electrons. The predicted molar refractivity (Wildman–Crippen MR) is 46.2 cm³/mol. The standard InChI is InChI=1S/C7H15NO3S/c1-7(8-12(9,10)11)5-3-2-4-6-7/h8H,2-6H2,1H3,(H,9,10,11). The maximum atomic E-state index is 10.5. The molecule has 1 rings (SSSR count). The molecule has 0 spiro atoms. The molecule has 0 aromatic carbocycles. The van der Waals surface area contributed by atoms with Crippen LogP contribution in [0.3, 0.4) is 0 Å². The lowest BCUT2D eigenvalue weighted by Gasteiger charge is -2.32. The van der Waals surface area contributed by atoms with E-state index in [1.165, 1.54) is 0 Å². The smallest absolute Gasteiger partial charge is 0.273 e. The molecule has 1 saturated carbocycles. The van der Waals surface area contributed by atoms with Crippen LogP contribution in [-0.2, 0) is 10.3 Å². The van der Waals surface area contributed by atoms with E-state index in [4.69, 9.17) is 4.55 Å². The fraction of sp³-hybridized carbons (Fsp3) is 1.00. The van der Waals surface area contributed by atoms with Crippen LogP contribution >= 0.6 is 0 Å². The molecule has 4 nitrogen and oxygen atoms in total. The minimum Gasteiger partial charge on any atom is -0.273 e. The molecular weight excluding hydrogens is 178 g/mol. The molecule has 0 heterocycles. The van der Waals surface area contributed by atoms with Gasteiger partial charge in [-0.15, -0.1) is 0 Å². The van der Waals surface area contributed by atoms with Crippen LogP contribution < -0.4 is 4.72 Å². The van der Waals surface area contributed by atoms with Crippen molar-refractivity contribution in [2.75, 3.05) is 0 Å². The molecule has 0 aromatic rings. The van der Waals surface area contributed by atoms with Crippen LogP contribution in [0.2, 0.25) is 0 Å².